The maximum atomic E-state index is 12.9. The number of carbonyl (C=O) groups is 1. The highest BCUT2D eigenvalue weighted by Crippen LogP contribution is 2.49. The van der Waals surface area contributed by atoms with Crippen molar-refractivity contribution in [2.24, 2.45) is 53.3 Å². The van der Waals surface area contributed by atoms with Crippen molar-refractivity contribution in [3.8, 4) is 23.5 Å². The zero-order chi connectivity index (χ0) is 83.5. The van der Waals surface area contributed by atoms with Crippen molar-refractivity contribution in [2.45, 2.75) is 214 Å². The van der Waals surface area contributed by atoms with Gasteiger partial charge < -0.3 is 84.1 Å². The topological polar surface area (TPSA) is 401 Å². The molecule has 7 fully saturated rings. The molecule has 2 saturated heterocycles. The van der Waals surface area contributed by atoms with Gasteiger partial charge in [0.15, 0.2) is 44.9 Å². The molecule has 119 heavy (non-hydrogen) atoms. The number of Topliss-reactive ketones (excluding diaryl/α,β-unsaturated/α-hetero) is 1. The molecule has 32 heteroatoms. The maximum absolute atomic E-state index is 12.9. The number of fused-ring (bicyclic) bond motifs is 6. The summed E-state index contributed by atoms with van der Waals surface area (Å²) in [6, 6.07) is 39.2. The molecule has 0 radical (unpaired) electrons. The molecule has 19 rings (SSSR count). The molecular formula is C87H112N20O10P2. The van der Waals surface area contributed by atoms with Crippen LogP contribution >= 0.6 is 18.8 Å². The fourth-order valence-corrected chi connectivity index (χ4v) is 18.5. The Bertz CT molecular complexity index is 5270. The summed E-state index contributed by atoms with van der Waals surface area (Å²) in [7, 11) is 4.81. The SMILES string of the molecule is CC[C@H]1C(=O)[C@@H](n2cnc3c(OCc4ccccc4)nc(NP)nc32)C[C@@H]1C.CC[C@H]1[C@@H]2O[C@@H]2C[C@@H]1C.CC[C@H]1[C@@H]2O[C@@H]2C[C@@H]1O.CC[C@H]1[C@H](O)[C@@H](n2cnc3c(OCc4ccccc4)nc(N)nc32)C[C@@H]1C.CC[C@H]1[C@H](O)[C@@H](n2cnc3c(OCc4ccccc4)nc(NP)nc32)C[C@@H]1C.Nc1nc(OCc2ccccc2)c2[nH]cnc2n1. The van der Waals surface area contributed by atoms with Gasteiger partial charge in [-0.05, 0) is 121 Å². The molecule has 5 aliphatic carbocycles. The van der Waals surface area contributed by atoms with Crippen molar-refractivity contribution >= 4 is 93.0 Å². The zero-order valence-corrected chi connectivity index (χ0v) is 71.3. The molecule has 30 nitrogen and oxygen atoms in total. The van der Waals surface area contributed by atoms with Crippen molar-refractivity contribution < 1.29 is 48.5 Å². The average molecular weight is 1660 g/mol. The number of epoxide rings is 2. The molecule has 12 aromatic rings. The van der Waals surface area contributed by atoms with Crippen LogP contribution < -0.4 is 40.6 Å². The van der Waals surface area contributed by atoms with Gasteiger partial charge in [0.1, 0.15) is 31.9 Å². The number of benzene rings is 4. The summed E-state index contributed by atoms with van der Waals surface area (Å²) >= 11 is 0. The maximum Gasteiger partial charge on any atom is 0.247 e. The van der Waals surface area contributed by atoms with Crippen LogP contribution in [0.1, 0.15) is 167 Å². The van der Waals surface area contributed by atoms with Crippen LogP contribution in [0.2, 0.25) is 0 Å². The zero-order valence-electron chi connectivity index (χ0n) is 68.9. The lowest BCUT2D eigenvalue weighted by Crippen LogP contribution is -2.24. The number of hydrogen-bond donors (Lipinski definition) is 8. The van der Waals surface area contributed by atoms with Gasteiger partial charge >= 0.3 is 0 Å². The number of hydrogen-bond acceptors (Lipinski definition) is 26. The molecule has 10 heterocycles. The number of nitrogens with zero attached hydrogens (tertiary/aromatic N) is 15. The van der Waals surface area contributed by atoms with E-state index in [-0.39, 0.29) is 59.7 Å². The number of aromatic amines is 1. The van der Waals surface area contributed by atoms with Gasteiger partial charge in [0.2, 0.25) is 47.3 Å². The fraction of sp³-hybridized carbons (Fsp3) is 0.483. The molecule has 0 amide bonds. The predicted molar refractivity (Wildman–Crippen MR) is 462 cm³/mol. The van der Waals surface area contributed by atoms with E-state index in [9.17, 15) is 20.1 Å². The van der Waals surface area contributed by atoms with Crippen molar-refractivity contribution in [1.82, 2.24) is 78.5 Å². The Labute approximate surface area is 697 Å². The molecule has 21 atom stereocenters. The normalized spacial score (nSPS) is 26.6. The molecule has 4 aromatic carbocycles. The van der Waals surface area contributed by atoms with Crippen LogP contribution in [0.4, 0.5) is 23.8 Å². The Hall–Kier alpha value is -10.2. The molecule has 630 valence electrons. The number of aromatic nitrogens is 16. The van der Waals surface area contributed by atoms with Crippen molar-refractivity contribution in [1.29, 1.82) is 0 Å². The Morgan fingerprint density at radius 1 is 0.454 bits per heavy atom. The predicted octanol–water partition coefficient (Wildman–Crippen LogP) is 14.2. The number of H-pyrrole nitrogens is 1. The Balaban J connectivity index is 0.000000122. The van der Waals surface area contributed by atoms with Crippen LogP contribution in [-0.4, -0.2) is 142 Å². The summed E-state index contributed by atoms with van der Waals surface area (Å²) in [6.07, 6.45) is 17.9. The van der Waals surface area contributed by atoms with Crippen LogP contribution in [-0.2, 0) is 40.7 Å². The van der Waals surface area contributed by atoms with Crippen LogP contribution in [0, 0.1) is 53.3 Å². The number of anilines is 4. The van der Waals surface area contributed by atoms with E-state index in [0.717, 1.165) is 85.5 Å². The summed E-state index contributed by atoms with van der Waals surface area (Å²) in [4.78, 5) is 68.0. The number of nitrogen functional groups attached to an aromatic ring is 2. The first kappa shape index (κ1) is 85.2. The summed E-state index contributed by atoms with van der Waals surface area (Å²) in [6.45, 7) is 21.2. The van der Waals surface area contributed by atoms with Gasteiger partial charge in [0.05, 0.1) is 86.2 Å². The van der Waals surface area contributed by atoms with E-state index in [1.165, 1.54) is 19.2 Å². The highest BCUT2D eigenvalue weighted by Gasteiger charge is 2.55. The van der Waals surface area contributed by atoms with Gasteiger partial charge in [0.25, 0.3) is 0 Å². The summed E-state index contributed by atoms with van der Waals surface area (Å²) in [5.74, 6) is 7.20. The molecule has 0 spiro atoms. The van der Waals surface area contributed by atoms with E-state index in [0.29, 0.717) is 155 Å². The number of carbonyl (C=O) groups excluding carboxylic acids is 1. The lowest BCUT2D eigenvalue weighted by atomic mass is 9.94. The second-order valence-electron chi connectivity index (χ2n) is 32.2. The first-order chi connectivity index (χ1) is 57.8. The van der Waals surface area contributed by atoms with Crippen LogP contribution in [0.5, 0.6) is 23.5 Å². The third-order valence-corrected chi connectivity index (χ3v) is 25.2. The van der Waals surface area contributed by atoms with Gasteiger partial charge in [-0.2, -0.15) is 39.9 Å². The minimum absolute atomic E-state index is 0.0424. The Morgan fingerprint density at radius 2 is 0.849 bits per heavy atom. The van der Waals surface area contributed by atoms with Crippen LogP contribution in [0.15, 0.2) is 147 Å². The van der Waals surface area contributed by atoms with Gasteiger partial charge in [-0.25, -0.2) is 19.9 Å². The Morgan fingerprint density at radius 3 is 1.24 bits per heavy atom. The average Bonchev–Trinajstić information content (AvgIpc) is 1.64. The second-order valence-corrected chi connectivity index (χ2v) is 32.8. The smallest absolute Gasteiger partial charge is 0.247 e. The molecule has 5 saturated carbocycles. The first-order valence-electron chi connectivity index (χ1n) is 41.7. The molecule has 10 N–H and O–H groups in total. The number of aliphatic hydroxyl groups is 3. The number of nitrogens with two attached hydrogens (primary N) is 2. The van der Waals surface area contributed by atoms with E-state index in [1.54, 1.807) is 19.0 Å². The number of nitrogens with one attached hydrogen (secondary N) is 3. The third-order valence-electron chi connectivity index (χ3n) is 24.7. The first-order valence-corrected chi connectivity index (χ1v) is 42.9. The fourth-order valence-electron chi connectivity index (χ4n) is 18.2. The van der Waals surface area contributed by atoms with Gasteiger partial charge in [-0.3, -0.25) is 4.79 Å². The number of imidazole rings is 4. The van der Waals surface area contributed by atoms with Crippen LogP contribution in [0.25, 0.3) is 44.7 Å². The number of aliphatic hydroxyl groups excluding tert-OH is 3. The molecule has 8 aromatic heterocycles. The molecular weight excluding hydrogens is 1550 g/mol. The summed E-state index contributed by atoms with van der Waals surface area (Å²) in [5.41, 5.74) is 20.5. The van der Waals surface area contributed by atoms with E-state index in [1.807, 2.05) is 135 Å². The number of rotatable bonds is 22. The largest absolute Gasteiger partial charge is 0.471 e. The minimum atomic E-state index is -0.424. The second kappa shape index (κ2) is 38.9. The minimum Gasteiger partial charge on any atom is -0.471 e. The standard InChI is InChI=1S/C20H26N5O2P.C20H24N5O2P.C20H25N5O2.C12H11N5O.C8H14O.C7H12O2/c2*1-3-14-12(2)9-15(17(14)26)25-11-21-16-18(25)22-20(24-28)23-19(16)27-10-13-7-5-4-6-8-13;1-3-14-12(2)9-15(17(14)26)25-11-22-16-18(25)23-20(21)24-19(16)27-10-13-7-5-4-6-8-13;13-12-16-10-9(14-7-15-10)11(17-12)18-6-8-4-2-1-3-5-8;1-3-6-5(2)4-7-8(6)9-7;1-2-4-5(8)3-6-7(4)9-6/h4-8,11-12,14-15,17,26H,3,9-10,28H2,1-2H3,(H,22,23,24);4-8,11-12,14-15H,3,9-10,28H2,1-2H3,(H,22,23,24);4-8,11-12,14-15,17,26H,3,9-10H2,1-2H3,(H2,21,23,24);1-5,7H,6H2,(H3,13,14,15,16,17);5-8H,3-4H2,1-2H3;4-8H,2-3H2,1H3/t12-,14+,15-,17-;12-,14+,15-;12-,14+,15-,17-;;5-,6+,7+,8-;4-,5+,6-,7+/m000.01/s1. The molecule has 7 aliphatic rings. The van der Waals surface area contributed by atoms with E-state index in [2.05, 4.69) is 156 Å². The van der Waals surface area contributed by atoms with E-state index >= 15 is 0 Å². The lowest BCUT2D eigenvalue weighted by molar-refractivity contribution is -0.123. The molecule has 2 unspecified atom stereocenters. The monoisotopic (exact) mass is 1660 g/mol. The van der Waals surface area contributed by atoms with E-state index < -0.39 is 12.2 Å². The van der Waals surface area contributed by atoms with Gasteiger partial charge in [0, 0.05) is 18.3 Å². The van der Waals surface area contributed by atoms with Gasteiger partial charge in [-0.1, -0.05) is 203 Å². The lowest BCUT2D eigenvalue weighted by Gasteiger charge is -2.20. The van der Waals surface area contributed by atoms with Crippen molar-refractivity contribution in [2.75, 3.05) is 21.6 Å². The van der Waals surface area contributed by atoms with Crippen LogP contribution in [0.3, 0.4) is 0 Å². The summed E-state index contributed by atoms with van der Waals surface area (Å²) in [5, 5.41) is 36.8. The number of ketones is 1. The van der Waals surface area contributed by atoms with Crippen molar-refractivity contribution in [3.63, 3.8) is 0 Å². The van der Waals surface area contributed by atoms with Crippen molar-refractivity contribution in [3.05, 3.63) is 169 Å². The quantitative estimate of drug-likeness (QED) is 0.0231. The molecule has 0 bridgehead atoms. The van der Waals surface area contributed by atoms with E-state index in [4.69, 9.17) is 39.9 Å². The van der Waals surface area contributed by atoms with Gasteiger partial charge in [-0.15, -0.1) is 0 Å². The highest BCUT2D eigenvalue weighted by atomic mass is 31.0. The number of ether oxygens (including phenoxy) is 6. The Kier molecular flexibility index (Phi) is 27.9. The summed E-state index contributed by atoms with van der Waals surface area (Å²) < 4.78 is 39.9. The third kappa shape index (κ3) is 19.5. The highest BCUT2D eigenvalue weighted by molar-refractivity contribution is 7.18. The molecule has 2 aliphatic heterocycles.